The number of carbonyl (C=O) groups excluding carboxylic acids is 1. The van der Waals surface area contributed by atoms with Crippen LogP contribution >= 0.6 is 15.9 Å². The molecule has 4 rings (SSSR count). The molecule has 3 unspecified atom stereocenters. The van der Waals surface area contributed by atoms with Crippen molar-refractivity contribution in [2.45, 2.75) is 52.1 Å². The molecule has 2 aromatic rings. The molecule has 0 spiro atoms. The summed E-state index contributed by atoms with van der Waals surface area (Å²) in [5.74, 6) is 1.23. The Labute approximate surface area is 238 Å². The van der Waals surface area contributed by atoms with Gasteiger partial charge in [-0.1, -0.05) is 25.5 Å². The van der Waals surface area contributed by atoms with Crippen LogP contribution in [0, 0.1) is 23.2 Å². The second kappa shape index (κ2) is 13.3. The zero-order valence-electron chi connectivity index (χ0n) is 23.0. The van der Waals surface area contributed by atoms with Gasteiger partial charge in [-0.15, -0.1) is 0 Å². The Morgan fingerprint density at radius 3 is 2.67 bits per heavy atom. The van der Waals surface area contributed by atoms with Crippen molar-refractivity contribution in [1.82, 2.24) is 0 Å². The topological polar surface area (TPSA) is 90.1 Å². The van der Waals surface area contributed by atoms with Gasteiger partial charge >= 0.3 is 0 Å². The van der Waals surface area contributed by atoms with Gasteiger partial charge in [0.15, 0.2) is 17.3 Å². The van der Waals surface area contributed by atoms with E-state index < -0.39 is 11.8 Å². The first-order chi connectivity index (χ1) is 18.9. The molecule has 2 aromatic carbocycles. The Hall–Kier alpha value is -3.15. The van der Waals surface area contributed by atoms with Crippen LogP contribution in [0.3, 0.4) is 0 Å². The maximum atomic E-state index is 13.5. The van der Waals surface area contributed by atoms with E-state index in [2.05, 4.69) is 28.9 Å². The largest absolute Gasteiger partial charge is 0.497 e. The number of ketones is 1. The first kappa shape index (κ1) is 28.8. The average molecular weight is 596 g/mol. The van der Waals surface area contributed by atoms with Crippen LogP contribution in [0.15, 0.2) is 57.1 Å². The molecular formula is C31H35BrN2O5. The van der Waals surface area contributed by atoms with Gasteiger partial charge < -0.3 is 18.9 Å². The number of nitrogens with zero attached hydrogens (tertiary/aromatic N) is 2. The van der Waals surface area contributed by atoms with E-state index in [0.717, 1.165) is 47.5 Å². The van der Waals surface area contributed by atoms with Gasteiger partial charge in [-0.3, -0.25) is 9.79 Å². The second-order valence-electron chi connectivity index (χ2n) is 10.00. The van der Waals surface area contributed by atoms with Crippen molar-refractivity contribution in [3.8, 4) is 23.3 Å². The first-order valence-corrected chi connectivity index (χ1v) is 14.1. The fraction of sp³-hybridized carbons (Fsp3) is 0.452. The van der Waals surface area contributed by atoms with E-state index in [4.69, 9.17) is 23.9 Å². The minimum Gasteiger partial charge on any atom is -0.497 e. The highest BCUT2D eigenvalue weighted by atomic mass is 79.9. The predicted octanol–water partition coefficient (Wildman–Crippen LogP) is 6.79. The number of nitriles is 1. The van der Waals surface area contributed by atoms with Crippen molar-refractivity contribution in [2.24, 2.45) is 16.8 Å². The average Bonchev–Trinajstić information content (AvgIpc) is 2.92. The Morgan fingerprint density at radius 1 is 1.13 bits per heavy atom. The third kappa shape index (κ3) is 6.54. The third-order valence-corrected chi connectivity index (χ3v) is 7.85. The molecule has 0 N–H and O–H groups in total. The summed E-state index contributed by atoms with van der Waals surface area (Å²) in [7, 11) is 3.25. The van der Waals surface area contributed by atoms with Gasteiger partial charge in [0, 0.05) is 36.4 Å². The molecule has 206 valence electrons. The molecule has 0 saturated carbocycles. The van der Waals surface area contributed by atoms with Crippen LogP contribution in [0.4, 0.5) is 0 Å². The van der Waals surface area contributed by atoms with Gasteiger partial charge in [0.25, 0.3) is 0 Å². The van der Waals surface area contributed by atoms with Crippen molar-refractivity contribution in [3.05, 3.63) is 63.3 Å². The first-order valence-electron chi connectivity index (χ1n) is 13.3. The number of methoxy groups -OCH3 is 2. The molecule has 0 aromatic heterocycles. The molecule has 0 amide bonds. The number of halogens is 1. The zero-order valence-corrected chi connectivity index (χ0v) is 24.5. The number of allylic oxidation sites excluding steroid dienone is 2. The van der Waals surface area contributed by atoms with Crippen molar-refractivity contribution in [2.75, 3.05) is 27.4 Å². The Bertz CT molecular complexity index is 1310. The van der Waals surface area contributed by atoms with Crippen LogP contribution in [0.2, 0.25) is 0 Å². The normalized spacial score (nSPS) is 20.7. The van der Waals surface area contributed by atoms with Crippen molar-refractivity contribution in [1.29, 1.82) is 5.26 Å². The van der Waals surface area contributed by atoms with Crippen molar-refractivity contribution in [3.63, 3.8) is 0 Å². The molecule has 1 aliphatic carbocycles. The lowest BCUT2D eigenvalue weighted by molar-refractivity contribution is -0.117. The van der Waals surface area contributed by atoms with Crippen LogP contribution in [-0.2, 0) is 16.1 Å². The summed E-state index contributed by atoms with van der Waals surface area (Å²) in [6.07, 6.45) is 3.28. The van der Waals surface area contributed by atoms with E-state index >= 15 is 0 Å². The van der Waals surface area contributed by atoms with Crippen LogP contribution in [0.1, 0.15) is 56.6 Å². The summed E-state index contributed by atoms with van der Waals surface area (Å²) in [4.78, 5) is 18.3. The van der Waals surface area contributed by atoms with E-state index in [0.29, 0.717) is 53.7 Å². The van der Waals surface area contributed by atoms with E-state index in [1.54, 1.807) is 14.2 Å². The molecule has 3 atom stereocenters. The molecule has 8 heteroatoms. The highest BCUT2D eigenvalue weighted by Gasteiger charge is 2.41. The number of benzene rings is 2. The summed E-state index contributed by atoms with van der Waals surface area (Å²) >= 11 is 3.69. The van der Waals surface area contributed by atoms with Crippen LogP contribution in [0.5, 0.6) is 17.2 Å². The third-order valence-electron chi connectivity index (χ3n) is 7.26. The molecule has 7 nitrogen and oxygen atoms in total. The van der Waals surface area contributed by atoms with Crippen LogP contribution in [-0.4, -0.2) is 38.9 Å². The van der Waals surface area contributed by atoms with Crippen molar-refractivity contribution >= 4 is 27.4 Å². The quantitative estimate of drug-likeness (QED) is 0.266. The van der Waals surface area contributed by atoms with E-state index in [1.165, 1.54) is 0 Å². The molecule has 1 heterocycles. The highest BCUT2D eigenvalue weighted by molar-refractivity contribution is 9.10. The summed E-state index contributed by atoms with van der Waals surface area (Å²) in [5, 5.41) is 10.2. The van der Waals surface area contributed by atoms with Gasteiger partial charge in [0.05, 0.1) is 30.2 Å². The zero-order chi connectivity index (χ0) is 27.9. The van der Waals surface area contributed by atoms with Crippen LogP contribution < -0.4 is 14.2 Å². The monoisotopic (exact) mass is 594 g/mol. The molecule has 39 heavy (non-hydrogen) atoms. The number of rotatable bonds is 11. The fourth-order valence-corrected chi connectivity index (χ4v) is 6.02. The lowest BCUT2D eigenvalue weighted by atomic mass is 9.70. The maximum absolute atomic E-state index is 13.5. The number of aliphatic imine (C=N–C) groups is 1. The van der Waals surface area contributed by atoms with Gasteiger partial charge in [-0.05, 0) is 77.0 Å². The minimum absolute atomic E-state index is 0.0903. The van der Waals surface area contributed by atoms with Gasteiger partial charge in [0.1, 0.15) is 19.0 Å². The number of hydrogen-bond donors (Lipinski definition) is 0. The molecule has 0 saturated heterocycles. The SMILES string of the molecule is CCCC1CC(=O)C2=C(C1)N=C(C)C(C#N)C2c1cc(Br)c(OCc2cccc(OC)c2)c(OCCOC)c1. The van der Waals surface area contributed by atoms with Gasteiger partial charge in [-0.2, -0.15) is 5.26 Å². The molecule has 1 aliphatic heterocycles. The molecule has 0 radical (unpaired) electrons. The van der Waals surface area contributed by atoms with E-state index in [-0.39, 0.29) is 5.78 Å². The Morgan fingerprint density at radius 2 is 1.95 bits per heavy atom. The predicted molar refractivity (Wildman–Crippen MR) is 153 cm³/mol. The molecule has 0 fully saturated rings. The number of hydrogen-bond acceptors (Lipinski definition) is 7. The van der Waals surface area contributed by atoms with Gasteiger partial charge in [0.2, 0.25) is 0 Å². The standard InChI is InChI=1S/C31H35BrN2O5/c1-5-7-20-13-26-30(27(35)14-20)29(24(17-33)19(2)34-26)22-15-25(32)31(28(16-22)38-11-10-36-3)39-18-21-8-6-9-23(12-21)37-4/h6,8-9,12,15-16,20,24,29H,5,7,10-11,13-14,18H2,1-4H3. The van der Waals surface area contributed by atoms with Crippen molar-refractivity contribution < 1.29 is 23.7 Å². The second-order valence-corrected chi connectivity index (χ2v) is 10.8. The highest BCUT2D eigenvalue weighted by Crippen LogP contribution is 2.48. The van der Waals surface area contributed by atoms with E-state index in [9.17, 15) is 10.1 Å². The fourth-order valence-electron chi connectivity index (χ4n) is 5.44. The number of Topliss-reactive ketones (excluding diaryl/α,β-unsaturated/α-hetero) is 1. The Balaban J connectivity index is 1.73. The summed E-state index contributed by atoms with van der Waals surface area (Å²) < 4.78 is 23.6. The summed E-state index contributed by atoms with van der Waals surface area (Å²) in [6.45, 7) is 5.05. The molecule has 0 bridgehead atoms. The summed E-state index contributed by atoms with van der Waals surface area (Å²) in [6, 6.07) is 13.9. The number of ether oxygens (including phenoxy) is 4. The molecule has 2 aliphatic rings. The Kier molecular flexibility index (Phi) is 9.82. The summed E-state index contributed by atoms with van der Waals surface area (Å²) in [5.41, 5.74) is 4.00. The minimum atomic E-state index is -0.544. The molecular weight excluding hydrogens is 560 g/mol. The lowest BCUT2D eigenvalue weighted by Gasteiger charge is -2.35. The smallest absolute Gasteiger partial charge is 0.175 e. The lowest BCUT2D eigenvalue weighted by Crippen LogP contribution is -2.32. The van der Waals surface area contributed by atoms with Gasteiger partial charge in [-0.25, -0.2) is 0 Å². The maximum Gasteiger partial charge on any atom is 0.175 e. The van der Waals surface area contributed by atoms with Crippen LogP contribution in [0.25, 0.3) is 0 Å². The number of carbonyl (C=O) groups is 1. The van der Waals surface area contributed by atoms with E-state index in [1.807, 2.05) is 43.3 Å².